The third-order valence-electron chi connectivity index (χ3n) is 4.77. The largest absolute Gasteiger partial charge is 0.497 e. The van der Waals surface area contributed by atoms with Gasteiger partial charge in [-0.25, -0.2) is 9.38 Å². The molecule has 0 unspecified atom stereocenters. The zero-order valence-electron chi connectivity index (χ0n) is 17.9. The highest BCUT2D eigenvalue weighted by molar-refractivity contribution is 14.0. The molecule has 0 bridgehead atoms. The molecule has 0 saturated heterocycles. The van der Waals surface area contributed by atoms with Gasteiger partial charge in [0.25, 0.3) is 0 Å². The Morgan fingerprint density at radius 1 is 1.10 bits per heavy atom. The van der Waals surface area contributed by atoms with Crippen LogP contribution >= 0.6 is 24.0 Å². The lowest BCUT2D eigenvalue weighted by molar-refractivity contribution is 0.414. The van der Waals surface area contributed by atoms with Gasteiger partial charge < -0.3 is 19.9 Å². The molecular formula is C22H28FIN6O. The molecule has 0 aliphatic heterocycles. The number of methoxy groups -OCH3 is 1. The number of hydrogen-bond acceptors (Lipinski definition) is 4. The first kappa shape index (κ1) is 24.6. The monoisotopic (exact) mass is 538 g/mol. The minimum atomic E-state index is -0.225. The summed E-state index contributed by atoms with van der Waals surface area (Å²) in [5.41, 5.74) is 2.00. The molecule has 31 heavy (non-hydrogen) atoms. The first-order valence-corrected chi connectivity index (χ1v) is 9.79. The lowest BCUT2D eigenvalue weighted by Gasteiger charge is -2.13. The SMILES string of the molecule is COc1ccc(CN=C(NCCc2cccc(F)c2)NCc2nnc(C)n2C)cc1.I. The molecule has 166 valence electrons. The van der Waals surface area contributed by atoms with Crippen molar-refractivity contribution in [2.75, 3.05) is 13.7 Å². The fourth-order valence-corrected chi connectivity index (χ4v) is 2.86. The summed E-state index contributed by atoms with van der Waals surface area (Å²) in [6, 6.07) is 14.4. The van der Waals surface area contributed by atoms with Gasteiger partial charge in [-0.1, -0.05) is 24.3 Å². The van der Waals surface area contributed by atoms with Crippen LogP contribution in [-0.2, 0) is 26.6 Å². The van der Waals surface area contributed by atoms with Crippen molar-refractivity contribution < 1.29 is 9.13 Å². The molecule has 0 spiro atoms. The van der Waals surface area contributed by atoms with E-state index in [1.165, 1.54) is 6.07 Å². The van der Waals surface area contributed by atoms with E-state index < -0.39 is 0 Å². The number of guanidine groups is 1. The summed E-state index contributed by atoms with van der Waals surface area (Å²) < 4.78 is 20.5. The van der Waals surface area contributed by atoms with Gasteiger partial charge in [0, 0.05) is 13.6 Å². The van der Waals surface area contributed by atoms with Crippen molar-refractivity contribution in [1.29, 1.82) is 0 Å². The van der Waals surface area contributed by atoms with Crippen LogP contribution in [0.2, 0.25) is 0 Å². The summed E-state index contributed by atoms with van der Waals surface area (Å²) in [6.07, 6.45) is 0.685. The predicted molar refractivity (Wildman–Crippen MR) is 130 cm³/mol. The molecule has 7 nitrogen and oxygen atoms in total. The van der Waals surface area contributed by atoms with Crippen LogP contribution in [0.3, 0.4) is 0 Å². The molecule has 3 aromatic rings. The summed E-state index contributed by atoms with van der Waals surface area (Å²) in [5.74, 6) is 2.91. The molecule has 0 saturated carbocycles. The maximum Gasteiger partial charge on any atom is 0.191 e. The van der Waals surface area contributed by atoms with Gasteiger partial charge in [0.1, 0.15) is 17.4 Å². The van der Waals surface area contributed by atoms with E-state index in [-0.39, 0.29) is 29.8 Å². The molecular weight excluding hydrogens is 510 g/mol. The second-order valence-corrected chi connectivity index (χ2v) is 6.90. The number of ether oxygens (including phenoxy) is 1. The topological polar surface area (TPSA) is 76.4 Å². The first-order valence-electron chi connectivity index (χ1n) is 9.79. The highest BCUT2D eigenvalue weighted by Gasteiger charge is 2.07. The number of aryl methyl sites for hydroxylation is 1. The zero-order chi connectivity index (χ0) is 21.3. The van der Waals surface area contributed by atoms with E-state index in [0.29, 0.717) is 32.0 Å². The standard InChI is InChI=1S/C22H27FN6O.HI/c1-16-27-28-21(29(16)2)15-26-22(24-12-11-17-5-4-6-19(23)13-17)25-14-18-7-9-20(30-3)10-8-18;/h4-10,13H,11-12,14-15H2,1-3H3,(H2,24,25,26);1H. The zero-order valence-corrected chi connectivity index (χ0v) is 20.3. The molecule has 0 aliphatic carbocycles. The van der Waals surface area contributed by atoms with E-state index in [4.69, 9.17) is 4.74 Å². The third-order valence-corrected chi connectivity index (χ3v) is 4.77. The van der Waals surface area contributed by atoms with Crippen molar-refractivity contribution in [2.24, 2.45) is 12.0 Å². The Labute approximate surface area is 199 Å². The van der Waals surface area contributed by atoms with E-state index in [1.54, 1.807) is 19.2 Å². The molecule has 0 fully saturated rings. The smallest absolute Gasteiger partial charge is 0.191 e. The number of halogens is 2. The maximum absolute atomic E-state index is 13.4. The third kappa shape index (κ3) is 7.50. The molecule has 0 radical (unpaired) electrons. The lowest BCUT2D eigenvalue weighted by atomic mass is 10.1. The molecule has 2 aromatic carbocycles. The van der Waals surface area contributed by atoms with Gasteiger partial charge in [0.05, 0.1) is 20.2 Å². The van der Waals surface area contributed by atoms with Crippen LogP contribution in [-0.4, -0.2) is 34.4 Å². The predicted octanol–water partition coefficient (Wildman–Crippen LogP) is 3.37. The summed E-state index contributed by atoms with van der Waals surface area (Å²) in [7, 11) is 3.57. The first-order chi connectivity index (χ1) is 14.5. The minimum Gasteiger partial charge on any atom is -0.497 e. The number of benzene rings is 2. The second-order valence-electron chi connectivity index (χ2n) is 6.90. The summed E-state index contributed by atoms with van der Waals surface area (Å²) in [5, 5.41) is 14.9. The van der Waals surface area contributed by atoms with Crippen LogP contribution in [0.25, 0.3) is 0 Å². The number of hydrogen-bond donors (Lipinski definition) is 2. The molecule has 9 heteroatoms. The van der Waals surface area contributed by atoms with Crippen molar-refractivity contribution in [2.45, 2.75) is 26.4 Å². The Morgan fingerprint density at radius 3 is 2.52 bits per heavy atom. The number of aliphatic imine (C=N–C) groups is 1. The molecule has 1 heterocycles. The Morgan fingerprint density at radius 2 is 1.87 bits per heavy atom. The maximum atomic E-state index is 13.4. The van der Waals surface area contributed by atoms with E-state index in [1.807, 2.05) is 48.9 Å². The minimum absolute atomic E-state index is 0. The fraction of sp³-hybridized carbons (Fsp3) is 0.318. The van der Waals surface area contributed by atoms with Crippen LogP contribution in [0, 0.1) is 12.7 Å². The normalized spacial score (nSPS) is 11.0. The van der Waals surface area contributed by atoms with Crippen LogP contribution in [0.15, 0.2) is 53.5 Å². The van der Waals surface area contributed by atoms with Crippen LogP contribution in [0.4, 0.5) is 4.39 Å². The van der Waals surface area contributed by atoms with E-state index in [9.17, 15) is 4.39 Å². The van der Waals surface area contributed by atoms with Gasteiger partial charge in [0.2, 0.25) is 0 Å². The summed E-state index contributed by atoms with van der Waals surface area (Å²) in [6.45, 7) is 3.53. The van der Waals surface area contributed by atoms with Crippen molar-refractivity contribution in [3.05, 3.63) is 77.1 Å². The average molecular weight is 538 g/mol. The number of rotatable bonds is 8. The lowest BCUT2D eigenvalue weighted by Crippen LogP contribution is -2.38. The highest BCUT2D eigenvalue weighted by Crippen LogP contribution is 2.12. The van der Waals surface area contributed by atoms with Crippen LogP contribution in [0.5, 0.6) is 5.75 Å². The average Bonchev–Trinajstić information content (AvgIpc) is 3.08. The van der Waals surface area contributed by atoms with Crippen LogP contribution < -0.4 is 15.4 Å². The van der Waals surface area contributed by atoms with Crippen LogP contribution in [0.1, 0.15) is 22.8 Å². The number of nitrogens with one attached hydrogen (secondary N) is 2. The molecule has 1 aromatic heterocycles. The summed E-state index contributed by atoms with van der Waals surface area (Å²) in [4.78, 5) is 4.67. The molecule has 3 rings (SSSR count). The fourth-order valence-electron chi connectivity index (χ4n) is 2.86. The Bertz CT molecular complexity index is 990. The van der Waals surface area contributed by atoms with Gasteiger partial charge in [-0.15, -0.1) is 34.2 Å². The molecule has 2 N–H and O–H groups in total. The van der Waals surface area contributed by atoms with Gasteiger partial charge in [-0.2, -0.15) is 0 Å². The van der Waals surface area contributed by atoms with Gasteiger partial charge in [-0.3, -0.25) is 0 Å². The van der Waals surface area contributed by atoms with Gasteiger partial charge in [0.15, 0.2) is 11.8 Å². The van der Waals surface area contributed by atoms with E-state index in [2.05, 4.69) is 25.8 Å². The second kappa shape index (κ2) is 12.2. The molecule has 0 atom stereocenters. The van der Waals surface area contributed by atoms with Crippen molar-refractivity contribution in [3.8, 4) is 5.75 Å². The van der Waals surface area contributed by atoms with Crippen molar-refractivity contribution >= 4 is 29.9 Å². The van der Waals surface area contributed by atoms with E-state index >= 15 is 0 Å². The number of aromatic nitrogens is 3. The summed E-state index contributed by atoms with van der Waals surface area (Å²) >= 11 is 0. The van der Waals surface area contributed by atoms with Crippen molar-refractivity contribution in [3.63, 3.8) is 0 Å². The van der Waals surface area contributed by atoms with Gasteiger partial charge >= 0.3 is 0 Å². The molecule has 0 aliphatic rings. The van der Waals surface area contributed by atoms with Crippen molar-refractivity contribution in [1.82, 2.24) is 25.4 Å². The highest BCUT2D eigenvalue weighted by atomic mass is 127. The Balaban J connectivity index is 0.00000341. The number of nitrogens with zero attached hydrogens (tertiary/aromatic N) is 4. The van der Waals surface area contributed by atoms with E-state index in [0.717, 1.165) is 28.5 Å². The quantitative estimate of drug-likeness (QED) is 0.262. The Hall–Kier alpha value is -2.69. The molecule has 0 amide bonds. The Kier molecular flexibility index (Phi) is 9.70. The van der Waals surface area contributed by atoms with Gasteiger partial charge in [-0.05, 0) is 48.7 Å².